The molecule has 0 aliphatic carbocycles. The number of rotatable bonds is 2. The average Bonchev–Trinajstić information content (AvgIpc) is 3.34. The van der Waals surface area contributed by atoms with E-state index in [-0.39, 0.29) is 5.91 Å². The third-order valence-corrected chi connectivity index (χ3v) is 5.62. The molecule has 5 heterocycles. The van der Waals surface area contributed by atoms with Crippen LogP contribution in [0.2, 0.25) is 0 Å². The molecule has 0 radical (unpaired) electrons. The van der Waals surface area contributed by atoms with Gasteiger partial charge in [-0.25, -0.2) is 19.6 Å². The van der Waals surface area contributed by atoms with Gasteiger partial charge >= 0.3 is 0 Å². The standard InChI is InChI=1S/C17H16N8OS/c1-23-15-13(21-22-23)8-11(9-18-15)17(26)25-5-3-24(4-6-25)14-12-2-7-27-16(12)20-10-19-14/h2,7-10H,3-6H2,1H3. The molecule has 1 aliphatic rings. The van der Waals surface area contributed by atoms with Crippen LogP contribution in [0, 0.1) is 0 Å². The van der Waals surface area contributed by atoms with Gasteiger partial charge in [0.2, 0.25) is 0 Å². The van der Waals surface area contributed by atoms with E-state index in [9.17, 15) is 4.79 Å². The fourth-order valence-electron chi connectivity index (χ4n) is 3.38. The van der Waals surface area contributed by atoms with Gasteiger partial charge < -0.3 is 9.80 Å². The molecule has 4 aromatic rings. The summed E-state index contributed by atoms with van der Waals surface area (Å²) in [4.78, 5) is 31.0. The van der Waals surface area contributed by atoms with Gasteiger partial charge in [-0.3, -0.25) is 4.79 Å². The van der Waals surface area contributed by atoms with Crippen molar-refractivity contribution in [1.82, 2.24) is 34.8 Å². The maximum atomic E-state index is 12.9. The highest BCUT2D eigenvalue weighted by Gasteiger charge is 2.24. The number of aryl methyl sites for hydroxylation is 1. The Morgan fingerprint density at radius 3 is 2.85 bits per heavy atom. The van der Waals surface area contributed by atoms with Crippen LogP contribution in [0.4, 0.5) is 5.82 Å². The third kappa shape index (κ3) is 2.69. The zero-order valence-corrected chi connectivity index (χ0v) is 15.4. The molecule has 0 saturated carbocycles. The van der Waals surface area contributed by atoms with Gasteiger partial charge in [-0.05, 0) is 17.5 Å². The van der Waals surface area contributed by atoms with E-state index in [0.717, 1.165) is 29.1 Å². The van der Waals surface area contributed by atoms with E-state index >= 15 is 0 Å². The second kappa shape index (κ2) is 6.23. The zero-order chi connectivity index (χ0) is 18.4. The highest BCUT2D eigenvalue weighted by Crippen LogP contribution is 2.27. The smallest absolute Gasteiger partial charge is 0.255 e. The van der Waals surface area contributed by atoms with E-state index in [1.807, 2.05) is 10.3 Å². The van der Waals surface area contributed by atoms with Gasteiger partial charge in [0.05, 0.1) is 10.9 Å². The van der Waals surface area contributed by atoms with Gasteiger partial charge in [0.1, 0.15) is 22.5 Å². The molecule has 0 bridgehead atoms. The summed E-state index contributed by atoms with van der Waals surface area (Å²) < 4.78 is 1.59. The summed E-state index contributed by atoms with van der Waals surface area (Å²) in [5, 5.41) is 11.1. The van der Waals surface area contributed by atoms with Gasteiger partial charge in [0.15, 0.2) is 5.65 Å². The fraction of sp³-hybridized carbons (Fsp3) is 0.294. The lowest BCUT2D eigenvalue weighted by atomic mass is 10.2. The monoisotopic (exact) mass is 380 g/mol. The van der Waals surface area contributed by atoms with Crippen molar-refractivity contribution in [3.63, 3.8) is 0 Å². The van der Waals surface area contributed by atoms with Crippen molar-refractivity contribution in [2.24, 2.45) is 7.05 Å². The summed E-state index contributed by atoms with van der Waals surface area (Å²) in [6.45, 7) is 2.73. The molecule has 0 atom stereocenters. The summed E-state index contributed by atoms with van der Waals surface area (Å²) in [7, 11) is 1.78. The first kappa shape index (κ1) is 16.1. The third-order valence-electron chi connectivity index (χ3n) is 4.79. The van der Waals surface area contributed by atoms with Gasteiger partial charge in [-0.1, -0.05) is 5.21 Å². The summed E-state index contributed by atoms with van der Waals surface area (Å²) in [5.41, 5.74) is 1.83. The molecule has 10 heteroatoms. The number of thiophene rings is 1. The summed E-state index contributed by atoms with van der Waals surface area (Å²) in [5.74, 6) is 0.911. The number of piperazine rings is 1. The molecule has 1 saturated heterocycles. The Kier molecular flexibility index (Phi) is 3.71. The summed E-state index contributed by atoms with van der Waals surface area (Å²) in [6.07, 6.45) is 3.20. The lowest BCUT2D eigenvalue weighted by molar-refractivity contribution is 0.0746. The molecule has 1 amide bonds. The van der Waals surface area contributed by atoms with Crippen LogP contribution in [0.25, 0.3) is 21.4 Å². The predicted octanol–water partition coefficient (Wildman–Crippen LogP) is 1.33. The topological polar surface area (TPSA) is 92.9 Å². The Morgan fingerprint density at radius 2 is 2.00 bits per heavy atom. The molecule has 0 N–H and O–H groups in total. The van der Waals surface area contributed by atoms with Gasteiger partial charge in [0.25, 0.3) is 5.91 Å². The first-order valence-corrected chi connectivity index (χ1v) is 9.46. The minimum atomic E-state index is -0.0296. The van der Waals surface area contributed by atoms with Crippen molar-refractivity contribution < 1.29 is 4.79 Å². The van der Waals surface area contributed by atoms with Crippen molar-refractivity contribution in [2.75, 3.05) is 31.1 Å². The number of carbonyl (C=O) groups is 1. The maximum Gasteiger partial charge on any atom is 0.255 e. The molecule has 5 rings (SSSR count). The average molecular weight is 380 g/mol. The minimum Gasteiger partial charge on any atom is -0.352 e. The van der Waals surface area contributed by atoms with E-state index in [4.69, 9.17) is 0 Å². The Hall–Kier alpha value is -3.14. The molecule has 0 spiro atoms. The first-order valence-electron chi connectivity index (χ1n) is 8.58. The van der Waals surface area contributed by atoms with Crippen LogP contribution < -0.4 is 4.90 Å². The predicted molar refractivity (Wildman–Crippen MR) is 102 cm³/mol. The lowest BCUT2D eigenvalue weighted by Crippen LogP contribution is -2.49. The number of carbonyl (C=O) groups excluding carboxylic acids is 1. The molecule has 27 heavy (non-hydrogen) atoms. The van der Waals surface area contributed by atoms with Crippen molar-refractivity contribution in [2.45, 2.75) is 0 Å². The number of hydrogen-bond donors (Lipinski definition) is 0. The van der Waals surface area contributed by atoms with E-state index in [2.05, 4.69) is 36.2 Å². The van der Waals surface area contributed by atoms with Crippen molar-refractivity contribution in [3.8, 4) is 0 Å². The summed E-state index contributed by atoms with van der Waals surface area (Å²) >= 11 is 1.61. The largest absolute Gasteiger partial charge is 0.352 e. The lowest BCUT2D eigenvalue weighted by Gasteiger charge is -2.35. The second-order valence-corrected chi connectivity index (χ2v) is 7.29. The van der Waals surface area contributed by atoms with E-state index < -0.39 is 0 Å². The molecular formula is C17H16N8OS. The quantitative estimate of drug-likeness (QED) is 0.518. The zero-order valence-electron chi connectivity index (χ0n) is 14.6. The van der Waals surface area contributed by atoms with Crippen molar-refractivity contribution in [3.05, 3.63) is 35.6 Å². The Labute approximate surface area is 158 Å². The second-order valence-electron chi connectivity index (χ2n) is 6.40. The van der Waals surface area contributed by atoms with Crippen LogP contribution in [-0.4, -0.2) is 66.9 Å². The van der Waals surface area contributed by atoms with Gasteiger partial charge in [-0.2, -0.15) is 0 Å². The number of pyridine rings is 1. The Balaban J connectivity index is 1.33. The molecule has 9 nitrogen and oxygen atoms in total. The Bertz CT molecular complexity index is 1140. The molecule has 0 aromatic carbocycles. The SMILES string of the molecule is Cn1nnc2cc(C(=O)N3CCN(c4ncnc5sccc45)CC3)cnc21. The fourth-order valence-corrected chi connectivity index (χ4v) is 4.10. The number of hydrogen-bond acceptors (Lipinski definition) is 8. The highest BCUT2D eigenvalue weighted by molar-refractivity contribution is 7.16. The van der Waals surface area contributed by atoms with Gasteiger partial charge in [0, 0.05) is 39.4 Å². The number of aromatic nitrogens is 6. The molecule has 1 fully saturated rings. The number of nitrogens with zero attached hydrogens (tertiary/aromatic N) is 8. The van der Waals surface area contributed by atoms with Crippen LogP contribution in [0.3, 0.4) is 0 Å². The highest BCUT2D eigenvalue weighted by atomic mass is 32.1. The van der Waals surface area contributed by atoms with Crippen LogP contribution in [0.15, 0.2) is 30.0 Å². The van der Waals surface area contributed by atoms with Gasteiger partial charge in [-0.15, -0.1) is 16.4 Å². The van der Waals surface area contributed by atoms with Crippen LogP contribution >= 0.6 is 11.3 Å². The van der Waals surface area contributed by atoms with E-state index in [1.165, 1.54) is 0 Å². The number of amides is 1. The minimum absolute atomic E-state index is 0.0296. The van der Waals surface area contributed by atoms with Crippen molar-refractivity contribution in [1.29, 1.82) is 0 Å². The van der Waals surface area contributed by atoms with E-state index in [0.29, 0.717) is 29.8 Å². The molecular weight excluding hydrogens is 364 g/mol. The maximum absolute atomic E-state index is 12.9. The normalized spacial score (nSPS) is 15.0. The Morgan fingerprint density at radius 1 is 1.15 bits per heavy atom. The molecule has 136 valence electrons. The molecule has 0 unspecified atom stereocenters. The van der Waals surface area contributed by atoms with Crippen molar-refractivity contribution >= 4 is 44.4 Å². The number of anilines is 1. The molecule has 4 aromatic heterocycles. The van der Waals surface area contributed by atoms with Crippen LogP contribution in [-0.2, 0) is 7.05 Å². The van der Waals surface area contributed by atoms with Crippen LogP contribution in [0.5, 0.6) is 0 Å². The van der Waals surface area contributed by atoms with E-state index in [1.54, 1.807) is 41.7 Å². The number of fused-ring (bicyclic) bond motifs is 2. The molecule has 1 aliphatic heterocycles. The summed E-state index contributed by atoms with van der Waals surface area (Å²) in [6, 6.07) is 3.80. The van der Waals surface area contributed by atoms with Crippen LogP contribution in [0.1, 0.15) is 10.4 Å². The first-order chi connectivity index (χ1) is 13.2.